The molecule has 5 nitrogen and oxygen atoms in total. The van der Waals surface area contributed by atoms with Gasteiger partial charge in [0.05, 0.1) is 6.21 Å². The van der Waals surface area contributed by atoms with Gasteiger partial charge in [0.25, 0.3) is 5.91 Å². The molecule has 26 heavy (non-hydrogen) atoms. The van der Waals surface area contributed by atoms with E-state index in [2.05, 4.69) is 68.9 Å². The fraction of sp³-hybridized carbons (Fsp3) is 0.100. The van der Waals surface area contributed by atoms with Gasteiger partial charge in [0.2, 0.25) is 0 Å². The average Bonchev–Trinajstić information content (AvgIpc) is 2.90. The summed E-state index contributed by atoms with van der Waals surface area (Å²) < 4.78 is 3.36. The van der Waals surface area contributed by atoms with Crippen LogP contribution in [-0.2, 0) is 0 Å². The molecule has 0 saturated carbocycles. The van der Waals surface area contributed by atoms with Crippen LogP contribution < -0.4 is 11.2 Å². The summed E-state index contributed by atoms with van der Waals surface area (Å²) in [5.41, 5.74) is 13.5. The maximum Gasteiger partial charge on any atom is 0.271 e. The number of nitrogen functional groups attached to an aromatic ring is 1. The Balaban J connectivity index is 1.77. The Kier molecular flexibility index (Phi) is 5.41. The maximum atomic E-state index is 12.1. The van der Waals surface area contributed by atoms with E-state index in [-0.39, 0.29) is 5.91 Å². The maximum absolute atomic E-state index is 12.1. The molecule has 2 aromatic carbocycles. The number of carbonyl (C=O) groups excluding carboxylic acids is 1. The third-order valence-corrected chi connectivity index (χ3v) is 4.82. The van der Waals surface area contributed by atoms with Crippen LogP contribution in [-0.4, -0.2) is 16.7 Å². The van der Waals surface area contributed by atoms with Crippen molar-refractivity contribution in [2.24, 2.45) is 5.10 Å². The first kappa shape index (κ1) is 18.2. The SMILES string of the molecule is Cc1cc(C=NNC(=O)c2ccc(N)cc2)c(C)n1-c1ccc(I)cc1. The van der Waals surface area contributed by atoms with E-state index < -0.39 is 0 Å². The summed E-state index contributed by atoms with van der Waals surface area (Å²) in [7, 11) is 0. The zero-order chi connectivity index (χ0) is 18.7. The molecule has 0 unspecified atom stereocenters. The molecule has 0 fully saturated rings. The molecule has 3 rings (SSSR count). The Hall–Kier alpha value is -2.61. The van der Waals surface area contributed by atoms with E-state index in [4.69, 9.17) is 5.73 Å². The lowest BCUT2D eigenvalue weighted by Gasteiger charge is -2.09. The molecule has 1 heterocycles. The molecule has 0 bridgehead atoms. The molecule has 0 aliphatic heterocycles. The number of hydrazone groups is 1. The molecule has 3 N–H and O–H groups in total. The number of nitrogens with one attached hydrogen (secondary N) is 1. The lowest BCUT2D eigenvalue weighted by Crippen LogP contribution is -2.17. The largest absolute Gasteiger partial charge is 0.399 e. The summed E-state index contributed by atoms with van der Waals surface area (Å²) in [4.78, 5) is 12.1. The Morgan fingerprint density at radius 3 is 2.42 bits per heavy atom. The number of amides is 1. The van der Waals surface area contributed by atoms with Gasteiger partial charge in [0.1, 0.15) is 0 Å². The van der Waals surface area contributed by atoms with Gasteiger partial charge in [0, 0.05) is 37.5 Å². The molecule has 132 valence electrons. The highest BCUT2D eigenvalue weighted by Crippen LogP contribution is 2.20. The quantitative estimate of drug-likeness (QED) is 0.268. The van der Waals surface area contributed by atoms with Crippen molar-refractivity contribution in [3.05, 3.63) is 80.7 Å². The van der Waals surface area contributed by atoms with Gasteiger partial charge in [-0.05, 0) is 91.0 Å². The number of nitrogens with zero attached hydrogens (tertiary/aromatic N) is 2. The van der Waals surface area contributed by atoms with Crippen LogP contribution in [0.2, 0.25) is 0 Å². The second kappa shape index (κ2) is 7.74. The smallest absolute Gasteiger partial charge is 0.271 e. The highest BCUT2D eigenvalue weighted by atomic mass is 127. The molecule has 0 atom stereocenters. The van der Waals surface area contributed by atoms with Gasteiger partial charge < -0.3 is 10.3 Å². The normalized spacial score (nSPS) is 11.0. The second-order valence-corrected chi connectivity index (χ2v) is 7.21. The highest BCUT2D eigenvalue weighted by Gasteiger charge is 2.09. The number of anilines is 1. The van der Waals surface area contributed by atoms with Gasteiger partial charge in [-0.3, -0.25) is 4.79 Å². The first-order valence-corrected chi connectivity index (χ1v) is 9.17. The van der Waals surface area contributed by atoms with E-state index in [1.807, 2.05) is 13.0 Å². The number of rotatable bonds is 4. The molecule has 0 saturated heterocycles. The molecule has 1 aromatic heterocycles. The van der Waals surface area contributed by atoms with Crippen molar-refractivity contribution in [3.8, 4) is 5.69 Å². The topological polar surface area (TPSA) is 72.4 Å². The molecule has 0 radical (unpaired) electrons. The number of benzene rings is 2. The fourth-order valence-corrected chi connectivity index (χ4v) is 3.12. The third-order valence-electron chi connectivity index (χ3n) is 4.10. The van der Waals surface area contributed by atoms with Crippen molar-refractivity contribution in [1.29, 1.82) is 0 Å². The van der Waals surface area contributed by atoms with Crippen LogP contribution in [0.5, 0.6) is 0 Å². The zero-order valence-corrected chi connectivity index (χ0v) is 16.7. The van der Waals surface area contributed by atoms with Crippen LogP contribution in [0, 0.1) is 17.4 Å². The van der Waals surface area contributed by atoms with Crippen LogP contribution in [0.4, 0.5) is 5.69 Å². The van der Waals surface area contributed by atoms with E-state index in [1.54, 1.807) is 30.5 Å². The lowest BCUT2D eigenvalue weighted by atomic mass is 10.2. The summed E-state index contributed by atoms with van der Waals surface area (Å²) >= 11 is 2.29. The zero-order valence-electron chi connectivity index (χ0n) is 14.5. The summed E-state index contributed by atoms with van der Waals surface area (Å²) in [5, 5.41) is 4.09. The van der Waals surface area contributed by atoms with E-state index in [1.165, 1.54) is 3.57 Å². The number of nitrogens with two attached hydrogens (primary N) is 1. The number of hydrogen-bond donors (Lipinski definition) is 2. The minimum Gasteiger partial charge on any atom is -0.399 e. The summed E-state index contributed by atoms with van der Waals surface area (Å²) in [6.07, 6.45) is 1.67. The molecule has 6 heteroatoms. The predicted octanol–water partition coefficient (Wildman–Crippen LogP) is 4.04. The summed E-state index contributed by atoms with van der Waals surface area (Å²) in [5.74, 6) is -0.271. The monoisotopic (exact) mass is 458 g/mol. The fourth-order valence-electron chi connectivity index (χ4n) is 2.77. The molecule has 0 spiro atoms. The van der Waals surface area contributed by atoms with Gasteiger partial charge >= 0.3 is 0 Å². The lowest BCUT2D eigenvalue weighted by molar-refractivity contribution is 0.0955. The number of aromatic nitrogens is 1. The van der Waals surface area contributed by atoms with Crippen molar-refractivity contribution >= 4 is 40.4 Å². The predicted molar refractivity (Wildman–Crippen MR) is 114 cm³/mol. The first-order valence-electron chi connectivity index (χ1n) is 8.09. The van der Waals surface area contributed by atoms with Crippen LogP contribution in [0.25, 0.3) is 5.69 Å². The first-order chi connectivity index (χ1) is 12.5. The highest BCUT2D eigenvalue weighted by molar-refractivity contribution is 14.1. The molecule has 0 aliphatic rings. The Labute approximate surface area is 166 Å². The standard InChI is InChI=1S/C20H19IN4O/c1-13-11-16(14(2)25(13)19-9-5-17(21)6-10-19)12-23-24-20(26)15-3-7-18(22)8-4-15/h3-12H,22H2,1-2H3,(H,24,26). The van der Waals surface area contributed by atoms with E-state index in [9.17, 15) is 4.79 Å². The second-order valence-electron chi connectivity index (χ2n) is 5.96. The number of hydrogen-bond acceptors (Lipinski definition) is 3. The van der Waals surface area contributed by atoms with Crippen LogP contribution in [0.15, 0.2) is 59.7 Å². The van der Waals surface area contributed by atoms with Crippen LogP contribution in [0.3, 0.4) is 0 Å². The van der Waals surface area contributed by atoms with Crippen molar-refractivity contribution in [2.45, 2.75) is 13.8 Å². The molecular weight excluding hydrogens is 439 g/mol. The Bertz CT molecular complexity index is 957. The van der Waals surface area contributed by atoms with Crippen molar-refractivity contribution in [2.75, 3.05) is 5.73 Å². The van der Waals surface area contributed by atoms with E-state index in [0.29, 0.717) is 11.3 Å². The van der Waals surface area contributed by atoms with Gasteiger partial charge in [-0.2, -0.15) is 5.10 Å². The van der Waals surface area contributed by atoms with Crippen LogP contribution >= 0.6 is 22.6 Å². The molecule has 1 amide bonds. The number of carbonyl (C=O) groups is 1. The number of halogens is 1. The Morgan fingerprint density at radius 1 is 1.12 bits per heavy atom. The minimum atomic E-state index is -0.271. The Morgan fingerprint density at radius 2 is 1.77 bits per heavy atom. The van der Waals surface area contributed by atoms with E-state index in [0.717, 1.165) is 22.6 Å². The van der Waals surface area contributed by atoms with Gasteiger partial charge in [0.15, 0.2) is 0 Å². The molecule has 3 aromatic rings. The molecular formula is C20H19IN4O. The number of aryl methyl sites for hydroxylation is 1. The van der Waals surface area contributed by atoms with Gasteiger partial charge in [-0.25, -0.2) is 5.43 Å². The van der Waals surface area contributed by atoms with Crippen molar-refractivity contribution in [1.82, 2.24) is 9.99 Å². The summed E-state index contributed by atoms with van der Waals surface area (Å²) in [6, 6.07) is 17.1. The third kappa shape index (κ3) is 3.96. The summed E-state index contributed by atoms with van der Waals surface area (Å²) in [6.45, 7) is 4.09. The van der Waals surface area contributed by atoms with Crippen molar-refractivity contribution < 1.29 is 4.79 Å². The molecule has 0 aliphatic carbocycles. The average molecular weight is 458 g/mol. The minimum absolute atomic E-state index is 0.271. The van der Waals surface area contributed by atoms with Crippen LogP contribution in [0.1, 0.15) is 27.3 Å². The van der Waals surface area contributed by atoms with E-state index >= 15 is 0 Å². The van der Waals surface area contributed by atoms with Gasteiger partial charge in [-0.15, -0.1) is 0 Å². The van der Waals surface area contributed by atoms with Gasteiger partial charge in [-0.1, -0.05) is 0 Å². The van der Waals surface area contributed by atoms with Crippen molar-refractivity contribution in [3.63, 3.8) is 0 Å².